The van der Waals surface area contributed by atoms with E-state index >= 15 is 0 Å². The third kappa shape index (κ3) is 3.19. The lowest BCUT2D eigenvalue weighted by atomic mass is 10.3. The first kappa shape index (κ1) is 14.6. The lowest BCUT2D eigenvalue weighted by Gasteiger charge is -2.07. The molecule has 0 saturated carbocycles. The number of nitrogens with one attached hydrogen (secondary N) is 1. The fourth-order valence-electron chi connectivity index (χ4n) is 1.52. The van der Waals surface area contributed by atoms with Crippen LogP contribution >= 0.6 is 11.6 Å². The summed E-state index contributed by atoms with van der Waals surface area (Å²) in [6, 6.07) is 6.92. The van der Waals surface area contributed by atoms with E-state index in [1.54, 1.807) is 13.0 Å². The highest BCUT2D eigenvalue weighted by molar-refractivity contribution is 7.89. The second-order valence-corrected chi connectivity index (χ2v) is 6.02. The number of carbonyl (C=O) groups is 1. The fourth-order valence-corrected chi connectivity index (χ4v) is 2.22. The van der Waals surface area contributed by atoms with Gasteiger partial charge in [0.25, 0.3) is 5.91 Å². The van der Waals surface area contributed by atoms with Crippen molar-refractivity contribution in [2.45, 2.75) is 11.8 Å². The Morgan fingerprint density at radius 1 is 1.30 bits per heavy atom. The topological polar surface area (TPSA) is 102 Å². The third-order valence-electron chi connectivity index (χ3n) is 2.48. The van der Waals surface area contributed by atoms with Gasteiger partial charge in [-0.1, -0.05) is 11.6 Å². The van der Waals surface area contributed by atoms with Crippen molar-refractivity contribution >= 4 is 33.2 Å². The van der Waals surface area contributed by atoms with Crippen LogP contribution in [0.15, 0.2) is 39.6 Å². The zero-order valence-corrected chi connectivity index (χ0v) is 12.0. The normalized spacial score (nSPS) is 11.3. The minimum atomic E-state index is -3.87. The number of hydrogen-bond acceptors (Lipinski definition) is 4. The van der Waals surface area contributed by atoms with Crippen LogP contribution in [0.3, 0.4) is 0 Å². The number of hydrogen-bond donors (Lipinski definition) is 2. The lowest BCUT2D eigenvalue weighted by molar-refractivity contribution is 0.0995. The van der Waals surface area contributed by atoms with E-state index in [2.05, 4.69) is 5.32 Å². The summed E-state index contributed by atoms with van der Waals surface area (Å²) < 4.78 is 27.7. The molecule has 6 nitrogen and oxygen atoms in total. The average molecular weight is 315 g/mol. The van der Waals surface area contributed by atoms with Gasteiger partial charge in [0.2, 0.25) is 10.0 Å². The van der Waals surface area contributed by atoms with Crippen molar-refractivity contribution < 1.29 is 17.6 Å². The zero-order valence-electron chi connectivity index (χ0n) is 10.4. The van der Waals surface area contributed by atoms with Gasteiger partial charge in [-0.3, -0.25) is 4.79 Å². The second kappa shape index (κ2) is 5.28. The molecular formula is C12H11ClN2O4S. The van der Waals surface area contributed by atoms with E-state index in [1.165, 1.54) is 24.3 Å². The number of halogens is 1. The van der Waals surface area contributed by atoms with Gasteiger partial charge in [0.15, 0.2) is 5.76 Å². The van der Waals surface area contributed by atoms with Crippen LogP contribution in [0.2, 0.25) is 5.02 Å². The van der Waals surface area contributed by atoms with Crippen LogP contribution in [0.25, 0.3) is 0 Å². The number of primary sulfonamides is 1. The van der Waals surface area contributed by atoms with Crippen LogP contribution in [-0.4, -0.2) is 14.3 Å². The molecule has 0 aliphatic carbocycles. The number of rotatable bonds is 3. The summed E-state index contributed by atoms with van der Waals surface area (Å²) in [7, 11) is -3.87. The van der Waals surface area contributed by atoms with Gasteiger partial charge in [-0.15, -0.1) is 0 Å². The smallest absolute Gasteiger partial charge is 0.291 e. The van der Waals surface area contributed by atoms with Crippen molar-refractivity contribution in [3.8, 4) is 0 Å². The number of carbonyl (C=O) groups excluding carboxylic acids is 1. The van der Waals surface area contributed by atoms with Crippen molar-refractivity contribution in [3.05, 3.63) is 46.9 Å². The maximum Gasteiger partial charge on any atom is 0.291 e. The van der Waals surface area contributed by atoms with Crippen LogP contribution in [0, 0.1) is 6.92 Å². The van der Waals surface area contributed by atoms with Crippen molar-refractivity contribution in [1.29, 1.82) is 0 Å². The molecule has 106 valence electrons. The number of amides is 1. The van der Waals surface area contributed by atoms with Crippen LogP contribution in [-0.2, 0) is 10.0 Å². The predicted molar refractivity (Wildman–Crippen MR) is 74.2 cm³/mol. The van der Waals surface area contributed by atoms with Gasteiger partial charge >= 0.3 is 0 Å². The Morgan fingerprint density at radius 2 is 2.00 bits per heavy atom. The van der Waals surface area contributed by atoms with Crippen molar-refractivity contribution in [1.82, 2.24) is 0 Å². The molecule has 0 unspecified atom stereocenters. The molecule has 0 spiro atoms. The molecule has 2 rings (SSSR count). The van der Waals surface area contributed by atoms with Crippen LogP contribution in [0.1, 0.15) is 16.3 Å². The summed E-state index contributed by atoms with van der Waals surface area (Å²) in [4.78, 5) is 11.8. The first-order valence-corrected chi connectivity index (χ1v) is 7.40. The maximum atomic E-state index is 11.9. The number of aryl methyl sites for hydroxylation is 1. The molecule has 1 aromatic heterocycles. The van der Waals surface area contributed by atoms with E-state index in [0.717, 1.165) is 0 Å². The van der Waals surface area contributed by atoms with Crippen LogP contribution < -0.4 is 10.5 Å². The minimum Gasteiger partial charge on any atom is -0.456 e. The van der Waals surface area contributed by atoms with E-state index < -0.39 is 15.9 Å². The Kier molecular flexibility index (Phi) is 3.85. The first-order valence-electron chi connectivity index (χ1n) is 5.47. The van der Waals surface area contributed by atoms with E-state index in [9.17, 15) is 13.2 Å². The molecule has 1 heterocycles. The highest BCUT2D eigenvalue weighted by atomic mass is 35.5. The summed E-state index contributed by atoms with van der Waals surface area (Å²) in [6.45, 7) is 1.70. The second-order valence-electron chi connectivity index (χ2n) is 4.05. The number of anilines is 1. The molecule has 0 atom stereocenters. The number of nitrogens with two attached hydrogens (primary N) is 1. The molecule has 8 heteroatoms. The molecule has 0 aliphatic rings. The number of furan rings is 1. The van der Waals surface area contributed by atoms with Gasteiger partial charge in [-0.05, 0) is 37.3 Å². The molecule has 0 aliphatic heterocycles. The summed E-state index contributed by atoms with van der Waals surface area (Å²) in [5, 5.41) is 7.68. The van der Waals surface area contributed by atoms with E-state index in [-0.39, 0.29) is 21.4 Å². The minimum absolute atomic E-state index is 0.0968. The van der Waals surface area contributed by atoms with Gasteiger partial charge in [-0.2, -0.15) is 0 Å². The molecule has 20 heavy (non-hydrogen) atoms. The third-order valence-corrected chi connectivity index (χ3v) is 3.72. The molecule has 1 aromatic carbocycles. The van der Waals surface area contributed by atoms with Gasteiger partial charge < -0.3 is 9.73 Å². The van der Waals surface area contributed by atoms with Crippen LogP contribution in [0.5, 0.6) is 0 Å². The van der Waals surface area contributed by atoms with Gasteiger partial charge in [0.05, 0.1) is 15.6 Å². The van der Waals surface area contributed by atoms with Gasteiger partial charge in [0, 0.05) is 0 Å². The van der Waals surface area contributed by atoms with Crippen LogP contribution in [0.4, 0.5) is 5.69 Å². The van der Waals surface area contributed by atoms with E-state index in [1.807, 2.05) is 0 Å². The highest BCUT2D eigenvalue weighted by Gasteiger charge is 2.15. The largest absolute Gasteiger partial charge is 0.456 e. The van der Waals surface area contributed by atoms with Gasteiger partial charge in [-0.25, -0.2) is 13.6 Å². The quantitative estimate of drug-likeness (QED) is 0.905. The van der Waals surface area contributed by atoms with Crippen molar-refractivity contribution in [2.24, 2.45) is 5.14 Å². The Morgan fingerprint density at radius 3 is 2.55 bits per heavy atom. The predicted octanol–water partition coefficient (Wildman–Crippen LogP) is 2.14. The van der Waals surface area contributed by atoms with Gasteiger partial charge in [0.1, 0.15) is 5.76 Å². The van der Waals surface area contributed by atoms with Crippen molar-refractivity contribution in [3.63, 3.8) is 0 Å². The average Bonchev–Trinajstić information content (AvgIpc) is 2.77. The molecule has 2 aromatic rings. The van der Waals surface area contributed by atoms with E-state index in [4.69, 9.17) is 21.2 Å². The standard InChI is InChI=1S/C12H11ClN2O4S/c1-7-2-5-11(19-7)12(16)15-10-6-8(20(14,17)18)3-4-9(10)13/h2-6H,1H3,(H,15,16)(H2,14,17,18). The Bertz CT molecular complexity index is 768. The maximum absolute atomic E-state index is 11.9. The van der Waals surface area contributed by atoms with E-state index in [0.29, 0.717) is 5.76 Å². The fraction of sp³-hybridized carbons (Fsp3) is 0.0833. The first-order chi connectivity index (χ1) is 9.27. The molecule has 0 saturated heterocycles. The molecule has 0 fully saturated rings. The zero-order chi connectivity index (χ0) is 14.9. The molecule has 3 N–H and O–H groups in total. The molecular weight excluding hydrogens is 304 g/mol. The summed E-state index contributed by atoms with van der Waals surface area (Å²) >= 11 is 5.90. The SMILES string of the molecule is Cc1ccc(C(=O)Nc2cc(S(N)(=O)=O)ccc2Cl)o1. The number of sulfonamides is 1. The lowest BCUT2D eigenvalue weighted by Crippen LogP contribution is -2.14. The Hall–Kier alpha value is -1.83. The molecule has 1 amide bonds. The monoisotopic (exact) mass is 314 g/mol. The molecule has 0 radical (unpaired) electrons. The Balaban J connectivity index is 2.31. The van der Waals surface area contributed by atoms with Crippen molar-refractivity contribution in [2.75, 3.05) is 5.32 Å². The summed E-state index contributed by atoms with van der Waals surface area (Å²) in [5.74, 6) is 0.144. The summed E-state index contributed by atoms with van der Waals surface area (Å²) in [5.41, 5.74) is 0.136. The number of benzene rings is 1. The molecule has 0 bridgehead atoms. The highest BCUT2D eigenvalue weighted by Crippen LogP contribution is 2.25. The Labute approximate surface area is 120 Å². The summed E-state index contributed by atoms with van der Waals surface area (Å²) in [6.07, 6.45) is 0.